The molecule has 4 rings (SSSR count). The van der Waals surface area contributed by atoms with Gasteiger partial charge in [-0.1, -0.05) is 26.2 Å². The second-order valence-electron chi connectivity index (χ2n) is 8.01. The highest BCUT2D eigenvalue weighted by Gasteiger charge is 2.33. The zero-order valence-electron chi connectivity index (χ0n) is 15.6. The molecular formula is C20H24N4O2S. The number of amides is 1. The third-order valence-corrected chi connectivity index (χ3v) is 7.06. The van der Waals surface area contributed by atoms with Crippen molar-refractivity contribution >= 4 is 27.5 Å². The summed E-state index contributed by atoms with van der Waals surface area (Å²) in [6, 6.07) is 2.29. The molecule has 0 bridgehead atoms. The molecule has 2 heterocycles. The number of fused-ring (bicyclic) bond motifs is 3. The van der Waals surface area contributed by atoms with Crippen LogP contribution in [-0.4, -0.2) is 21.0 Å². The summed E-state index contributed by atoms with van der Waals surface area (Å²) in [6.07, 6.45) is 8.80. The van der Waals surface area contributed by atoms with Gasteiger partial charge in [0.25, 0.3) is 5.56 Å². The molecule has 0 saturated heterocycles. The van der Waals surface area contributed by atoms with Crippen LogP contribution < -0.4 is 10.9 Å². The van der Waals surface area contributed by atoms with Crippen LogP contribution in [0.1, 0.15) is 55.9 Å². The zero-order chi connectivity index (χ0) is 19.0. The number of hydrogen-bond acceptors (Lipinski definition) is 5. The summed E-state index contributed by atoms with van der Waals surface area (Å²) in [5, 5.41) is 13.1. The fraction of sp³-hybridized carbons (Fsp3) is 0.600. The lowest BCUT2D eigenvalue weighted by Crippen LogP contribution is -2.50. The Labute approximate surface area is 162 Å². The van der Waals surface area contributed by atoms with E-state index in [-0.39, 0.29) is 18.0 Å². The van der Waals surface area contributed by atoms with Gasteiger partial charge in [-0.15, -0.1) is 11.3 Å². The number of nitriles is 1. The maximum Gasteiger partial charge on any atom is 0.262 e. The minimum absolute atomic E-state index is 0.0910. The van der Waals surface area contributed by atoms with Crippen molar-refractivity contribution in [2.24, 2.45) is 5.92 Å². The average Bonchev–Trinajstić information content (AvgIpc) is 3.03. The number of aryl methyl sites for hydroxylation is 1. The predicted molar refractivity (Wildman–Crippen MR) is 105 cm³/mol. The van der Waals surface area contributed by atoms with E-state index in [1.807, 2.05) is 0 Å². The Morgan fingerprint density at radius 2 is 2.22 bits per heavy atom. The molecule has 1 saturated carbocycles. The van der Waals surface area contributed by atoms with Crippen molar-refractivity contribution in [1.29, 1.82) is 5.26 Å². The van der Waals surface area contributed by atoms with Crippen molar-refractivity contribution in [2.75, 3.05) is 0 Å². The highest BCUT2D eigenvalue weighted by molar-refractivity contribution is 7.18. The standard InChI is InChI=1S/C20H24N4O2S/c1-13-5-6-14-15(9-13)27-18-17(14)19(26)24(12-22-18)10-16(25)23-20(11-21)7-3-2-4-8-20/h12-13H,2-10H2,1H3,(H,23,25)/t13-/m1/s1. The van der Waals surface area contributed by atoms with Gasteiger partial charge in [-0.25, -0.2) is 4.98 Å². The van der Waals surface area contributed by atoms with Crippen LogP contribution in [0.3, 0.4) is 0 Å². The van der Waals surface area contributed by atoms with E-state index < -0.39 is 5.54 Å². The maximum atomic E-state index is 13.0. The molecule has 2 aromatic rings. The van der Waals surface area contributed by atoms with Crippen LogP contribution in [0.5, 0.6) is 0 Å². The summed E-state index contributed by atoms with van der Waals surface area (Å²) in [7, 11) is 0. The Balaban J connectivity index is 1.59. The normalized spacial score (nSPS) is 21.4. The first-order valence-corrected chi connectivity index (χ1v) is 10.5. The molecule has 0 aromatic carbocycles. The molecule has 2 aliphatic rings. The van der Waals surface area contributed by atoms with Crippen molar-refractivity contribution in [3.63, 3.8) is 0 Å². The number of carbonyl (C=O) groups excluding carboxylic acids is 1. The summed E-state index contributed by atoms with van der Waals surface area (Å²) in [6.45, 7) is 2.14. The minimum Gasteiger partial charge on any atom is -0.336 e. The summed E-state index contributed by atoms with van der Waals surface area (Å²) in [4.78, 5) is 32.0. The van der Waals surface area contributed by atoms with Gasteiger partial charge in [-0.05, 0) is 43.6 Å². The van der Waals surface area contributed by atoms with Crippen LogP contribution in [0.2, 0.25) is 0 Å². The summed E-state index contributed by atoms with van der Waals surface area (Å²) >= 11 is 1.61. The first-order valence-electron chi connectivity index (χ1n) is 9.73. The van der Waals surface area contributed by atoms with E-state index in [0.717, 1.165) is 48.9 Å². The molecule has 2 aromatic heterocycles. The lowest BCUT2D eigenvalue weighted by molar-refractivity contribution is -0.123. The lowest BCUT2D eigenvalue weighted by Gasteiger charge is -2.31. The van der Waals surface area contributed by atoms with E-state index in [1.165, 1.54) is 15.8 Å². The summed E-state index contributed by atoms with van der Waals surface area (Å²) in [5.74, 6) is 0.343. The van der Waals surface area contributed by atoms with Crippen LogP contribution in [0.15, 0.2) is 11.1 Å². The van der Waals surface area contributed by atoms with E-state index in [2.05, 4.69) is 23.3 Å². The quantitative estimate of drug-likeness (QED) is 0.881. The number of hydrogen-bond donors (Lipinski definition) is 1. The third-order valence-electron chi connectivity index (χ3n) is 5.90. The molecule has 6 nitrogen and oxygen atoms in total. The molecule has 1 N–H and O–H groups in total. The van der Waals surface area contributed by atoms with Gasteiger partial charge >= 0.3 is 0 Å². The predicted octanol–water partition coefficient (Wildman–Crippen LogP) is 2.93. The van der Waals surface area contributed by atoms with E-state index in [0.29, 0.717) is 24.1 Å². The van der Waals surface area contributed by atoms with Crippen LogP contribution in [0.25, 0.3) is 10.2 Å². The lowest BCUT2D eigenvalue weighted by atomic mass is 9.83. The topological polar surface area (TPSA) is 87.8 Å². The van der Waals surface area contributed by atoms with Gasteiger partial charge < -0.3 is 5.32 Å². The molecule has 1 amide bonds. The second-order valence-corrected chi connectivity index (χ2v) is 9.10. The fourth-order valence-corrected chi connectivity index (χ4v) is 5.70. The van der Waals surface area contributed by atoms with E-state index >= 15 is 0 Å². The van der Waals surface area contributed by atoms with Gasteiger partial charge in [0.1, 0.15) is 16.9 Å². The Kier molecular flexibility index (Phi) is 4.77. The second kappa shape index (κ2) is 7.08. The van der Waals surface area contributed by atoms with Crippen molar-refractivity contribution in [3.05, 3.63) is 27.1 Å². The molecular weight excluding hydrogens is 360 g/mol. The SMILES string of the molecule is C[C@@H]1CCc2c(sc3ncn(CC(=O)NC4(C#N)CCCCC4)c(=O)c23)C1. The van der Waals surface area contributed by atoms with Gasteiger partial charge in [0.15, 0.2) is 0 Å². The largest absolute Gasteiger partial charge is 0.336 e. The van der Waals surface area contributed by atoms with Gasteiger partial charge in [0, 0.05) is 4.88 Å². The molecule has 2 aliphatic carbocycles. The van der Waals surface area contributed by atoms with Crippen molar-refractivity contribution < 1.29 is 4.79 Å². The minimum atomic E-state index is -0.784. The van der Waals surface area contributed by atoms with E-state index in [4.69, 9.17) is 0 Å². The van der Waals surface area contributed by atoms with Crippen LogP contribution >= 0.6 is 11.3 Å². The first kappa shape index (κ1) is 18.2. The van der Waals surface area contributed by atoms with E-state index in [1.54, 1.807) is 11.3 Å². The number of aromatic nitrogens is 2. The van der Waals surface area contributed by atoms with Crippen molar-refractivity contribution in [3.8, 4) is 6.07 Å². The molecule has 0 radical (unpaired) electrons. The maximum absolute atomic E-state index is 13.0. The Hall–Kier alpha value is -2.20. The molecule has 27 heavy (non-hydrogen) atoms. The summed E-state index contributed by atoms with van der Waals surface area (Å²) in [5.41, 5.74) is 0.201. The number of rotatable bonds is 3. The van der Waals surface area contributed by atoms with Gasteiger partial charge in [-0.3, -0.25) is 14.2 Å². The van der Waals surface area contributed by atoms with E-state index in [9.17, 15) is 14.9 Å². The molecule has 0 spiro atoms. The number of nitrogens with one attached hydrogen (secondary N) is 1. The number of carbonyl (C=O) groups is 1. The highest BCUT2D eigenvalue weighted by atomic mass is 32.1. The molecule has 0 aliphatic heterocycles. The van der Waals surface area contributed by atoms with Crippen LogP contribution in [0.4, 0.5) is 0 Å². The Morgan fingerprint density at radius 3 is 2.96 bits per heavy atom. The van der Waals surface area contributed by atoms with Crippen molar-refractivity contribution in [2.45, 2.75) is 70.4 Å². The van der Waals surface area contributed by atoms with Crippen LogP contribution in [0, 0.1) is 17.2 Å². The molecule has 142 valence electrons. The zero-order valence-corrected chi connectivity index (χ0v) is 16.4. The Bertz CT molecular complexity index is 978. The molecule has 1 atom stereocenters. The average molecular weight is 385 g/mol. The number of thiophene rings is 1. The number of nitrogens with zero attached hydrogens (tertiary/aromatic N) is 3. The Morgan fingerprint density at radius 1 is 1.44 bits per heavy atom. The molecule has 7 heteroatoms. The fourth-order valence-electron chi connectivity index (χ4n) is 4.36. The summed E-state index contributed by atoms with van der Waals surface area (Å²) < 4.78 is 1.39. The monoisotopic (exact) mass is 384 g/mol. The van der Waals surface area contributed by atoms with Gasteiger partial charge in [0.2, 0.25) is 5.91 Å². The molecule has 0 unspecified atom stereocenters. The highest BCUT2D eigenvalue weighted by Crippen LogP contribution is 2.35. The smallest absolute Gasteiger partial charge is 0.262 e. The first-order chi connectivity index (χ1) is 13.0. The van der Waals surface area contributed by atoms with Gasteiger partial charge in [-0.2, -0.15) is 5.26 Å². The molecule has 1 fully saturated rings. The van der Waals surface area contributed by atoms with Crippen LogP contribution in [-0.2, 0) is 24.2 Å². The third kappa shape index (κ3) is 3.39. The van der Waals surface area contributed by atoms with Crippen molar-refractivity contribution in [1.82, 2.24) is 14.9 Å². The van der Waals surface area contributed by atoms with Gasteiger partial charge in [0.05, 0.1) is 17.8 Å².